The van der Waals surface area contributed by atoms with E-state index in [9.17, 15) is 9.59 Å². The van der Waals surface area contributed by atoms with Crippen molar-refractivity contribution in [3.63, 3.8) is 0 Å². The number of aromatic nitrogens is 4. The third-order valence-electron chi connectivity index (χ3n) is 4.60. The van der Waals surface area contributed by atoms with Crippen LogP contribution in [0.5, 0.6) is 5.75 Å². The van der Waals surface area contributed by atoms with E-state index in [1.807, 2.05) is 38.4 Å². The molecule has 0 saturated heterocycles. The fourth-order valence-electron chi connectivity index (χ4n) is 2.95. The molecular formula is C20H25N5O3S. The van der Waals surface area contributed by atoms with Crippen LogP contribution >= 0.6 is 11.8 Å². The molecule has 0 N–H and O–H groups in total. The number of benzene rings is 1. The molecule has 0 aliphatic heterocycles. The van der Waals surface area contributed by atoms with Gasteiger partial charge >= 0.3 is 5.69 Å². The summed E-state index contributed by atoms with van der Waals surface area (Å²) in [7, 11) is 8.75. The molecule has 0 atom stereocenters. The second-order valence-electron chi connectivity index (χ2n) is 6.99. The van der Waals surface area contributed by atoms with E-state index in [2.05, 4.69) is 14.9 Å². The van der Waals surface area contributed by atoms with Crippen molar-refractivity contribution >= 4 is 22.8 Å². The molecule has 0 amide bonds. The molecule has 0 aliphatic rings. The smallest absolute Gasteiger partial charge is 0.332 e. The van der Waals surface area contributed by atoms with E-state index in [4.69, 9.17) is 4.74 Å². The molecule has 9 heteroatoms. The Morgan fingerprint density at radius 3 is 2.38 bits per heavy atom. The minimum atomic E-state index is -0.412. The van der Waals surface area contributed by atoms with Crippen LogP contribution in [-0.4, -0.2) is 57.5 Å². The van der Waals surface area contributed by atoms with Crippen molar-refractivity contribution in [1.82, 2.24) is 24.0 Å². The van der Waals surface area contributed by atoms with Crippen LogP contribution in [0.3, 0.4) is 0 Å². The molecule has 29 heavy (non-hydrogen) atoms. The molecule has 3 rings (SSSR count). The van der Waals surface area contributed by atoms with Gasteiger partial charge in [0, 0.05) is 25.4 Å². The van der Waals surface area contributed by atoms with E-state index in [0.29, 0.717) is 21.9 Å². The summed E-state index contributed by atoms with van der Waals surface area (Å²) in [5, 5.41) is 0.970. The standard InChI is InChI=1S/C20H25N5O3S/c1-23(2)11-6-12-29-18-15-17(24(3)20(27)25(4)19(15)26)21-16(22-18)13-7-9-14(28-5)10-8-13/h7-10H,6,11-12H2,1-5H3. The maximum Gasteiger partial charge on any atom is 0.332 e. The Bertz CT molecular complexity index is 1140. The first kappa shape index (κ1) is 21.1. The number of hydrogen-bond acceptors (Lipinski definition) is 7. The van der Waals surface area contributed by atoms with Gasteiger partial charge in [0.1, 0.15) is 16.2 Å². The monoisotopic (exact) mass is 415 g/mol. The number of nitrogens with zero attached hydrogens (tertiary/aromatic N) is 5. The van der Waals surface area contributed by atoms with Crippen LogP contribution in [0.4, 0.5) is 0 Å². The Labute approximate surface area is 173 Å². The molecule has 0 aliphatic carbocycles. The molecule has 0 radical (unpaired) electrons. The fourth-order valence-corrected chi connectivity index (χ4v) is 3.89. The summed E-state index contributed by atoms with van der Waals surface area (Å²) in [6, 6.07) is 7.38. The fraction of sp³-hybridized carbons (Fsp3) is 0.400. The zero-order valence-electron chi connectivity index (χ0n) is 17.3. The molecule has 0 bridgehead atoms. The SMILES string of the molecule is COc1ccc(-c2nc(SCCCN(C)C)c3c(=O)n(C)c(=O)n(C)c3n2)cc1. The number of rotatable bonds is 7. The molecule has 8 nitrogen and oxygen atoms in total. The molecule has 0 spiro atoms. The van der Waals surface area contributed by atoms with Gasteiger partial charge in [-0.15, -0.1) is 11.8 Å². The predicted molar refractivity (Wildman–Crippen MR) is 116 cm³/mol. The second-order valence-corrected chi connectivity index (χ2v) is 8.07. The van der Waals surface area contributed by atoms with Crippen LogP contribution in [-0.2, 0) is 14.1 Å². The van der Waals surface area contributed by atoms with E-state index in [1.165, 1.54) is 23.4 Å². The summed E-state index contributed by atoms with van der Waals surface area (Å²) in [5.41, 5.74) is 0.343. The number of aryl methyl sites for hydroxylation is 1. The highest BCUT2D eigenvalue weighted by Gasteiger charge is 2.18. The predicted octanol–water partition coefficient (Wildman–Crippen LogP) is 1.75. The zero-order chi connectivity index (χ0) is 21.1. The minimum Gasteiger partial charge on any atom is -0.497 e. The van der Waals surface area contributed by atoms with Gasteiger partial charge in [-0.3, -0.25) is 13.9 Å². The van der Waals surface area contributed by atoms with Gasteiger partial charge in [0.25, 0.3) is 5.56 Å². The van der Waals surface area contributed by atoms with Crippen molar-refractivity contribution in [3.8, 4) is 17.1 Å². The highest BCUT2D eigenvalue weighted by Crippen LogP contribution is 2.27. The molecule has 1 aromatic carbocycles. The molecule has 2 heterocycles. The van der Waals surface area contributed by atoms with Crippen molar-refractivity contribution in [3.05, 3.63) is 45.1 Å². The second kappa shape index (κ2) is 8.79. The van der Waals surface area contributed by atoms with Gasteiger partial charge in [0.2, 0.25) is 0 Å². The van der Waals surface area contributed by atoms with Crippen LogP contribution in [0.2, 0.25) is 0 Å². The van der Waals surface area contributed by atoms with Gasteiger partial charge in [0.05, 0.1) is 7.11 Å². The third-order valence-corrected chi connectivity index (χ3v) is 5.67. The van der Waals surface area contributed by atoms with E-state index in [-0.39, 0.29) is 5.56 Å². The van der Waals surface area contributed by atoms with Crippen LogP contribution < -0.4 is 16.0 Å². The topological polar surface area (TPSA) is 82.3 Å². The Morgan fingerprint density at radius 1 is 1.07 bits per heavy atom. The maximum atomic E-state index is 12.8. The largest absolute Gasteiger partial charge is 0.497 e. The number of methoxy groups -OCH3 is 1. The van der Waals surface area contributed by atoms with E-state index < -0.39 is 5.69 Å². The first-order valence-corrected chi connectivity index (χ1v) is 10.2. The van der Waals surface area contributed by atoms with Crippen LogP contribution in [0.15, 0.2) is 38.9 Å². The van der Waals surface area contributed by atoms with Crippen LogP contribution in [0.25, 0.3) is 22.4 Å². The van der Waals surface area contributed by atoms with Crippen molar-refractivity contribution < 1.29 is 4.74 Å². The van der Waals surface area contributed by atoms with Crippen molar-refractivity contribution in [1.29, 1.82) is 0 Å². The van der Waals surface area contributed by atoms with E-state index >= 15 is 0 Å². The molecule has 0 saturated carbocycles. The first-order valence-electron chi connectivity index (χ1n) is 9.23. The van der Waals surface area contributed by atoms with Gasteiger partial charge in [-0.1, -0.05) is 0 Å². The summed E-state index contributed by atoms with van der Waals surface area (Å²) >= 11 is 1.51. The summed E-state index contributed by atoms with van der Waals surface area (Å²) in [5.74, 6) is 2.01. The van der Waals surface area contributed by atoms with Gasteiger partial charge in [-0.25, -0.2) is 14.8 Å². The van der Waals surface area contributed by atoms with Gasteiger partial charge in [0.15, 0.2) is 11.5 Å². The number of hydrogen-bond donors (Lipinski definition) is 0. The molecule has 3 aromatic rings. The van der Waals surface area contributed by atoms with Crippen LogP contribution in [0, 0.1) is 0 Å². The number of thioether (sulfide) groups is 1. The Morgan fingerprint density at radius 2 is 1.76 bits per heavy atom. The normalized spacial score (nSPS) is 11.4. The average molecular weight is 416 g/mol. The molecule has 0 unspecified atom stereocenters. The molecule has 2 aromatic heterocycles. The van der Waals surface area contributed by atoms with E-state index in [1.54, 1.807) is 14.2 Å². The lowest BCUT2D eigenvalue weighted by atomic mass is 10.2. The summed E-state index contributed by atoms with van der Waals surface area (Å²) in [6.07, 6.45) is 0.951. The Balaban J connectivity index is 2.15. The van der Waals surface area contributed by atoms with Gasteiger partial charge in [-0.2, -0.15) is 0 Å². The van der Waals surface area contributed by atoms with Gasteiger partial charge in [-0.05, 0) is 51.3 Å². The maximum absolute atomic E-state index is 12.8. The highest BCUT2D eigenvalue weighted by atomic mass is 32.2. The average Bonchev–Trinajstić information content (AvgIpc) is 2.73. The lowest BCUT2D eigenvalue weighted by Gasteiger charge is -2.13. The number of ether oxygens (including phenoxy) is 1. The Hall–Kier alpha value is -2.65. The quantitative estimate of drug-likeness (QED) is 0.330. The summed E-state index contributed by atoms with van der Waals surface area (Å²) < 4.78 is 7.71. The highest BCUT2D eigenvalue weighted by molar-refractivity contribution is 7.99. The van der Waals surface area contributed by atoms with Crippen molar-refractivity contribution in [2.75, 3.05) is 33.5 Å². The first-order chi connectivity index (χ1) is 13.8. The summed E-state index contributed by atoms with van der Waals surface area (Å²) in [4.78, 5) is 36.6. The van der Waals surface area contributed by atoms with Crippen LogP contribution in [0.1, 0.15) is 6.42 Å². The van der Waals surface area contributed by atoms with Crippen molar-refractivity contribution in [2.24, 2.45) is 14.1 Å². The lowest BCUT2D eigenvalue weighted by Crippen LogP contribution is -2.37. The third kappa shape index (κ3) is 4.35. The lowest BCUT2D eigenvalue weighted by molar-refractivity contribution is 0.410. The van der Waals surface area contributed by atoms with Gasteiger partial charge < -0.3 is 9.64 Å². The zero-order valence-corrected chi connectivity index (χ0v) is 18.1. The molecular weight excluding hydrogens is 390 g/mol. The van der Waals surface area contributed by atoms with Crippen molar-refractivity contribution in [2.45, 2.75) is 11.4 Å². The number of fused-ring (bicyclic) bond motifs is 1. The summed E-state index contributed by atoms with van der Waals surface area (Å²) in [6.45, 7) is 0.942. The van der Waals surface area contributed by atoms with E-state index in [0.717, 1.165) is 34.6 Å². The Kier molecular flexibility index (Phi) is 6.39. The minimum absolute atomic E-state index is 0.342. The molecule has 0 fully saturated rings. The molecule has 154 valence electrons.